The number of hydrogen-bond acceptors (Lipinski definition) is 3. The first-order chi connectivity index (χ1) is 4.83. The molecule has 0 aliphatic heterocycles. The summed E-state index contributed by atoms with van der Waals surface area (Å²) in [5, 5.41) is 16.6. The first kappa shape index (κ1) is 10.1. The second-order valence-corrected chi connectivity index (χ2v) is 3.01. The van der Waals surface area contributed by atoms with E-state index in [1.54, 1.807) is 0 Å². The van der Waals surface area contributed by atoms with Crippen molar-refractivity contribution in [2.24, 2.45) is 0 Å². The summed E-state index contributed by atoms with van der Waals surface area (Å²) >= 11 is 2.33. The lowest BCUT2D eigenvalue weighted by molar-refractivity contribution is -0.153. The number of carbonyl (C=O) groups is 3. The van der Waals surface area contributed by atoms with Gasteiger partial charge in [0, 0.05) is 0 Å². The minimum absolute atomic E-state index is 0.886. The van der Waals surface area contributed by atoms with Gasteiger partial charge in [0.1, 0.15) is 0 Å². The summed E-state index contributed by atoms with van der Waals surface area (Å²) in [7, 11) is 0. The molecular formula is C5H5BrO5. The van der Waals surface area contributed by atoms with E-state index in [2.05, 4.69) is 15.9 Å². The number of rotatable bonds is 3. The minimum atomic E-state index is -2.49. The summed E-state index contributed by atoms with van der Waals surface area (Å²) in [5.41, 5.74) is 0. The molecule has 0 saturated heterocycles. The molecule has 11 heavy (non-hydrogen) atoms. The molecule has 0 aromatic carbocycles. The van der Waals surface area contributed by atoms with Crippen molar-refractivity contribution in [3.63, 3.8) is 0 Å². The average Bonchev–Trinajstić information content (AvgIpc) is 1.84. The fourth-order valence-corrected chi connectivity index (χ4v) is 0.393. The maximum atomic E-state index is 10.5. The van der Waals surface area contributed by atoms with Crippen LogP contribution in [-0.4, -0.2) is 32.3 Å². The summed E-state index contributed by atoms with van der Waals surface area (Å²) in [6, 6.07) is 0. The lowest BCUT2D eigenvalue weighted by Gasteiger charge is -2.12. The smallest absolute Gasteiger partial charge is 0.339 e. The molecule has 0 heterocycles. The molecule has 0 atom stereocenters. The SMILES string of the molecule is CC(=O)C(Br)(C(=O)O)C(=O)O. The van der Waals surface area contributed by atoms with Crippen molar-refractivity contribution in [2.75, 3.05) is 0 Å². The molecule has 0 aliphatic carbocycles. The molecule has 0 amide bonds. The molecule has 0 aromatic rings. The van der Waals surface area contributed by atoms with Gasteiger partial charge in [-0.3, -0.25) is 4.79 Å². The highest BCUT2D eigenvalue weighted by atomic mass is 79.9. The van der Waals surface area contributed by atoms with Crippen LogP contribution >= 0.6 is 15.9 Å². The summed E-state index contributed by atoms with van der Waals surface area (Å²) in [5.74, 6) is -4.42. The largest absolute Gasteiger partial charge is 0.479 e. The van der Waals surface area contributed by atoms with E-state index in [0.29, 0.717) is 0 Å². The number of hydrogen-bond donors (Lipinski definition) is 2. The zero-order valence-electron chi connectivity index (χ0n) is 5.50. The number of ketones is 1. The first-order valence-electron chi connectivity index (χ1n) is 2.50. The van der Waals surface area contributed by atoms with Crippen LogP contribution in [0.4, 0.5) is 0 Å². The molecule has 0 radical (unpaired) electrons. The Hall–Kier alpha value is -0.910. The van der Waals surface area contributed by atoms with Crippen molar-refractivity contribution in [3.05, 3.63) is 0 Å². The van der Waals surface area contributed by atoms with Gasteiger partial charge in [-0.05, 0) is 6.92 Å². The summed E-state index contributed by atoms with van der Waals surface area (Å²) in [6.45, 7) is 0.886. The van der Waals surface area contributed by atoms with Crippen LogP contribution in [0.25, 0.3) is 0 Å². The van der Waals surface area contributed by atoms with Crippen molar-refractivity contribution in [1.29, 1.82) is 0 Å². The van der Waals surface area contributed by atoms with Crippen molar-refractivity contribution < 1.29 is 24.6 Å². The lowest BCUT2D eigenvalue weighted by atomic mass is 10.1. The maximum absolute atomic E-state index is 10.5. The van der Waals surface area contributed by atoms with Crippen LogP contribution in [0, 0.1) is 0 Å². The molecule has 0 aliphatic rings. The Morgan fingerprint density at radius 3 is 1.45 bits per heavy atom. The molecule has 0 unspecified atom stereocenters. The zero-order valence-corrected chi connectivity index (χ0v) is 7.08. The predicted octanol–water partition coefficient (Wildman–Crippen LogP) is -0.122. The minimum Gasteiger partial charge on any atom is -0.479 e. The molecule has 0 spiro atoms. The number of carboxylic acids is 2. The number of aliphatic carboxylic acids is 2. The van der Waals surface area contributed by atoms with E-state index in [4.69, 9.17) is 10.2 Å². The normalized spacial score (nSPS) is 10.7. The Bertz CT molecular complexity index is 185. The summed E-state index contributed by atoms with van der Waals surface area (Å²) in [4.78, 5) is 31.1. The Morgan fingerprint density at radius 2 is 1.45 bits per heavy atom. The quantitative estimate of drug-likeness (QED) is 0.515. The third kappa shape index (κ3) is 1.56. The fraction of sp³-hybridized carbons (Fsp3) is 0.400. The third-order valence-electron chi connectivity index (χ3n) is 1.07. The highest BCUT2D eigenvalue weighted by Crippen LogP contribution is 2.19. The van der Waals surface area contributed by atoms with Crippen LogP contribution in [-0.2, 0) is 14.4 Å². The monoisotopic (exact) mass is 224 g/mol. The van der Waals surface area contributed by atoms with E-state index in [1.807, 2.05) is 0 Å². The second-order valence-electron chi connectivity index (χ2n) is 1.82. The molecule has 0 fully saturated rings. The van der Waals surface area contributed by atoms with Crippen LogP contribution in [0.3, 0.4) is 0 Å². The van der Waals surface area contributed by atoms with Crippen molar-refractivity contribution in [2.45, 2.75) is 11.2 Å². The van der Waals surface area contributed by atoms with E-state index in [0.717, 1.165) is 6.92 Å². The van der Waals surface area contributed by atoms with Gasteiger partial charge in [-0.2, -0.15) is 0 Å². The van der Waals surface area contributed by atoms with Crippen molar-refractivity contribution in [1.82, 2.24) is 0 Å². The molecule has 5 nitrogen and oxygen atoms in total. The van der Waals surface area contributed by atoms with Gasteiger partial charge in [-0.1, -0.05) is 15.9 Å². The van der Waals surface area contributed by atoms with Crippen LogP contribution in [0.15, 0.2) is 0 Å². The predicted molar refractivity (Wildman–Crippen MR) is 37.6 cm³/mol. The number of carbonyl (C=O) groups excluding carboxylic acids is 1. The zero-order chi connectivity index (χ0) is 9.23. The Balaban J connectivity index is 4.99. The highest BCUT2D eigenvalue weighted by molar-refractivity contribution is 9.11. The molecule has 0 saturated carbocycles. The number of alkyl halides is 1. The average molecular weight is 225 g/mol. The van der Waals surface area contributed by atoms with Crippen molar-refractivity contribution in [3.8, 4) is 0 Å². The highest BCUT2D eigenvalue weighted by Gasteiger charge is 2.49. The molecule has 6 heteroatoms. The molecule has 0 rings (SSSR count). The van der Waals surface area contributed by atoms with Gasteiger partial charge in [-0.25, -0.2) is 9.59 Å². The van der Waals surface area contributed by atoms with Gasteiger partial charge in [0.25, 0.3) is 4.32 Å². The topological polar surface area (TPSA) is 91.7 Å². The van der Waals surface area contributed by atoms with Crippen LogP contribution in [0.1, 0.15) is 6.92 Å². The molecule has 0 bridgehead atoms. The fourth-order valence-electron chi connectivity index (χ4n) is 0.393. The summed E-state index contributed by atoms with van der Waals surface area (Å²) < 4.78 is -2.49. The van der Waals surface area contributed by atoms with Crippen LogP contribution in [0.2, 0.25) is 0 Å². The van der Waals surface area contributed by atoms with Gasteiger partial charge in [0.15, 0.2) is 5.78 Å². The third-order valence-corrected chi connectivity index (χ3v) is 2.31. The second kappa shape index (κ2) is 3.00. The van der Waals surface area contributed by atoms with E-state index in [1.165, 1.54) is 0 Å². The summed E-state index contributed by atoms with van der Waals surface area (Å²) in [6.07, 6.45) is 0. The van der Waals surface area contributed by atoms with Crippen molar-refractivity contribution >= 4 is 33.7 Å². The van der Waals surface area contributed by atoms with Crippen LogP contribution in [0.5, 0.6) is 0 Å². The first-order valence-corrected chi connectivity index (χ1v) is 3.29. The number of halogens is 1. The van der Waals surface area contributed by atoms with Gasteiger partial charge in [-0.15, -0.1) is 0 Å². The van der Waals surface area contributed by atoms with E-state index in [9.17, 15) is 14.4 Å². The van der Waals surface area contributed by atoms with E-state index < -0.39 is 22.0 Å². The standard InChI is InChI=1S/C5H5BrO5/c1-2(7)5(6,3(8)9)4(10)11/h1H3,(H,8,9)(H,10,11). The lowest BCUT2D eigenvalue weighted by Crippen LogP contribution is -2.46. The molecule has 2 N–H and O–H groups in total. The Morgan fingerprint density at radius 1 is 1.18 bits per heavy atom. The maximum Gasteiger partial charge on any atom is 0.339 e. The van der Waals surface area contributed by atoms with Gasteiger partial charge in [0.05, 0.1) is 0 Å². The van der Waals surface area contributed by atoms with Gasteiger partial charge >= 0.3 is 11.9 Å². The van der Waals surface area contributed by atoms with Crippen LogP contribution < -0.4 is 0 Å². The number of Topliss-reactive ketones (excluding diaryl/α,β-unsaturated/α-hetero) is 1. The van der Waals surface area contributed by atoms with Gasteiger partial charge in [0.2, 0.25) is 0 Å². The van der Waals surface area contributed by atoms with E-state index in [-0.39, 0.29) is 0 Å². The van der Waals surface area contributed by atoms with Gasteiger partial charge < -0.3 is 10.2 Å². The Kier molecular flexibility index (Phi) is 2.75. The Labute approximate surface area is 70.1 Å². The molecular weight excluding hydrogens is 220 g/mol. The number of carboxylic acid groups (broad SMARTS) is 2. The van der Waals surface area contributed by atoms with E-state index >= 15 is 0 Å². The molecule has 0 aromatic heterocycles. The molecule has 62 valence electrons.